The fourth-order valence-corrected chi connectivity index (χ4v) is 1.78. The van der Waals surface area contributed by atoms with Crippen molar-refractivity contribution in [2.45, 2.75) is 0 Å². The zero-order valence-corrected chi connectivity index (χ0v) is 8.11. The third-order valence-electron chi connectivity index (χ3n) is 2.51. The minimum atomic E-state index is -0.872. The van der Waals surface area contributed by atoms with Crippen LogP contribution in [0.25, 0.3) is 21.8 Å². The lowest BCUT2D eigenvalue weighted by Crippen LogP contribution is -1.93. The number of benzene rings is 1. The molecule has 16 heavy (non-hydrogen) atoms. The van der Waals surface area contributed by atoms with Gasteiger partial charge < -0.3 is 0 Å². The van der Waals surface area contributed by atoms with Gasteiger partial charge in [0.25, 0.3) is 0 Å². The summed E-state index contributed by atoms with van der Waals surface area (Å²) < 4.78 is 27.4. The number of pyridine rings is 2. The molecule has 0 radical (unpaired) electrons. The Balaban J connectivity index is 2.69. The SMILES string of the molecule is Fc1c(F)c2cccnc2c2ncccc12. The molecule has 2 aromatic heterocycles. The van der Waals surface area contributed by atoms with Crippen LogP contribution in [-0.2, 0) is 0 Å². The minimum absolute atomic E-state index is 0.159. The summed E-state index contributed by atoms with van der Waals surface area (Å²) in [7, 11) is 0. The van der Waals surface area contributed by atoms with E-state index in [1.807, 2.05) is 0 Å². The topological polar surface area (TPSA) is 25.8 Å². The third-order valence-corrected chi connectivity index (χ3v) is 2.51. The molecule has 0 aliphatic carbocycles. The number of hydrogen-bond acceptors (Lipinski definition) is 2. The Kier molecular flexibility index (Phi) is 1.83. The molecule has 0 spiro atoms. The van der Waals surface area contributed by atoms with E-state index < -0.39 is 11.6 Å². The highest BCUT2D eigenvalue weighted by Gasteiger charge is 2.14. The molecule has 0 saturated carbocycles. The molecule has 0 amide bonds. The van der Waals surface area contributed by atoms with Crippen LogP contribution < -0.4 is 0 Å². The van der Waals surface area contributed by atoms with Gasteiger partial charge in [0.1, 0.15) is 0 Å². The van der Waals surface area contributed by atoms with Crippen LogP contribution in [0.5, 0.6) is 0 Å². The van der Waals surface area contributed by atoms with Gasteiger partial charge in [-0.1, -0.05) is 0 Å². The van der Waals surface area contributed by atoms with Gasteiger partial charge in [-0.3, -0.25) is 9.97 Å². The lowest BCUT2D eigenvalue weighted by atomic mass is 10.1. The van der Waals surface area contributed by atoms with Gasteiger partial charge in [0.05, 0.1) is 11.0 Å². The monoisotopic (exact) mass is 216 g/mol. The summed E-state index contributed by atoms with van der Waals surface area (Å²) in [5, 5.41) is 0.317. The van der Waals surface area contributed by atoms with Crippen molar-refractivity contribution in [1.82, 2.24) is 9.97 Å². The molecule has 0 aliphatic rings. The summed E-state index contributed by atoms with van der Waals surface area (Å²) in [4.78, 5) is 8.08. The minimum Gasteiger partial charge on any atom is -0.254 e. The summed E-state index contributed by atoms with van der Waals surface area (Å²) in [5.74, 6) is -1.74. The van der Waals surface area contributed by atoms with Crippen molar-refractivity contribution in [3.63, 3.8) is 0 Å². The first-order valence-electron chi connectivity index (χ1n) is 4.75. The van der Waals surface area contributed by atoms with Crippen LogP contribution in [0.3, 0.4) is 0 Å². The largest absolute Gasteiger partial charge is 0.254 e. The van der Waals surface area contributed by atoms with Gasteiger partial charge in [0, 0.05) is 23.2 Å². The smallest absolute Gasteiger partial charge is 0.168 e. The molecular formula is C12H6F2N2. The normalized spacial score (nSPS) is 11.1. The molecule has 0 N–H and O–H groups in total. The Labute approximate surface area is 89.6 Å². The van der Waals surface area contributed by atoms with Crippen LogP contribution in [0.1, 0.15) is 0 Å². The van der Waals surface area contributed by atoms with Crippen LogP contribution >= 0.6 is 0 Å². The van der Waals surface area contributed by atoms with E-state index in [1.54, 1.807) is 12.1 Å². The fraction of sp³-hybridized carbons (Fsp3) is 0. The van der Waals surface area contributed by atoms with Crippen molar-refractivity contribution in [3.05, 3.63) is 48.3 Å². The Bertz CT molecular complexity index is 634. The van der Waals surface area contributed by atoms with Gasteiger partial charge in [-0.05, 0) is 24.3 Å². The van der Waals surface area contributed by atoms with E-state index >= 15 is 0 Å². The summed E-state index contributed by atoms with van der Waals surface area (Å²) in [6.07, 6.45) is 3.07. The van der Waals surface area contributed by atoms with E-state index in [0.717, 1.165) is 0 Å². The van der Waals surface area contributed by atoms with Gasteiger partial charge in [-0.2, -0.15) is 0 Å². The summed E-state index contributed by atoms with van der Waals surface area (Å²) in [6, 6.07) is 6.13. The lowest BCUT2D eigenvalue weighted by molar-refractivity contribution is 0.525. The first-order chi connectivity index (χ1) is 7.79. The van der Waals surface area contributed by atoms with Crippen molar-refractivity contribution in [2.24, 2.45) is 0 Å². The van der Waals surface area contributed by atoms with E-state index in [1.165, 1.54) is 24.5 Å². The van der Waals surface area contributed by atoms with E-state index in [9.17, 15) is 8.78 Å². The van der Waals surface area contributed by atoms with Gasteiger partial charge in [0.15, 0.2) is 11.6 Å². The molecule has 4 heteroatoms. The molecule has 2 nitrogen and oxygen atoms in total. The van der Waals surface area contributed by atoms with Gasteiger partial charge in [-0.15, -0.1) is 0 Å². The predicted octanol–water partition coefficient (Wildman–Crippen LogP) is 3.06. The molecule has 0 aliphatic heterocycles. The molecule has 0 saturated heterocycles. The lowest BCUT2D eigenvalue weighted by Gasteiger charge is -2.04. The van der Waals surface area contributed by atoms with Crippen molar-refractivity contribution in [3.8, 4) is 0 Å². The maximum Gasteiger partial charge on any atom is 0.168 e. The maximum atomic E-state index is 13.7. The van der Waals surface area contributed by atoms with Crippen LogP contribution in [-0.4, -0.2) is 9.97 Å². The molecule has 1 aromatic carbocycles. The average molecular weight is 216 g/mol. The van der Waals surface area contributed by atoms with Crippen LogP contribution in [0.4, 0.5) is 8.78 Å². The zero-order valence-electron chi connectivity index (χ0n) is 8.11. The molecule has 3 aromatic rings. The number of rotatable bonds is 0. The second-order valence-electron chi connectivity index (χ2n) is 3.43. The second kappa shape index (κ2) is 3.20. The zero-order chi connectivity index (χ0) is 11.1. The number of fused-ring (bicyclic) bond motifs is 3. The van der Waals surface area contributed by atoms with E-state index in [0.29, 0.717) is 11.0 Å². The number of hydrogen-bond donors (Lipinski definition) is 0. The molecule has 0 unspecified atom stereocenters. The molecule has 2 heterocycles. The average Bonchev–Trinajstić information content (AvgIpc) is 2.36. The summed E-state index contributed by atoms with van der Waals surface area (Å²) >= 11 is 0. The second-order valence-corrected chi connectivity index (χ2v) is 3.43. The maximum absolute atomic E-state index is 13.7. The number of halogens is 2. The van der Waals surface area contributed by atoms with Gasteiger partial charge in [0.2, 0.25) is 0 Å². The van der Waals surface area contributed by atoms with Gasteiger partial charge >= 0.3 is 0 Å². The van der Waals surface area contributed by atoms with Crippen LogP contribution in [0, 0.1) is 11.6 Å². The summed E-state index contributed by atoms with van der Waals surface area (Å²) in [6.45, 7) is 0. The number of aromatic nitrogens is 2. The molecule has 0 fully saturated rings. The van der Waals surface area contributed by atoms with Crippen molar-refractivity contribution < 1.29 is 8.78 Å². The van der Waals surface area contributed by atoms with Gasteiger partial charge in [-0.25, -0.2) is 8.78 Å². The molecule has 3 rings (SSSR count). The Morgan fingerprint density at radius 1 is 0.750 bits per heavy atom. The van der Waals surface area contributed by atoms with Crippen molar-refractivity contribution in [1.29, 1.82) is 0 Å². The van der Waals surface area contributed by atoms with E-state index in [-0.39, 0.29) is 10.8 Å². The Hall–Kier alpha value is -2.10. The highest BCUT2D eigenvalue weighted by Crippen LogP contribution is 2.27. The van der Waals surface area contributed by atoms with E-state index in [2.05, 4.69) is 9.97 Å². The number of nitrogens with zero attached hydrogens (tertiary/aromatic N) is 2. The highest BCUT2D eigenvalue weighted by molar-refractivity contribution is 6.03. The molecule has 0 atom stereocenters. The first kappa shape index (κ1) is 9.15. The van der Waals surface area contributed by atoms with E-state index in [4.69, 9.17) is 0 Å². The standard InChI is InChI=1S/C12H6F2N2/c13-9-7-3-1-5-15-11(7)12-8(10(9)14)4-2-6-16-12/h1-6H. The Morgan fingerprint density at radius 2 is 1.19 bits per heavy atom. The van der Waals surface area contributed by atoms with Crippen LogP contribution in [0.2, 0.25) is 0 Å². The summed E-state index contributed by atoms with van der Waals surface area (Å²) in [5.41, 5.74) is 0.772. The predicted molar refractivity (Wildman–Crippen MR) is 57.0 cm³/mol. The third kappa shape index (κ3) is 1.10. The first-order valence-corrected chi connectivity index (χ1v) is 4.75. The van der Waals surface area contributed by atoms with Crippen LogP contribution in [0.15, 0.2) is 36.7 Å². The highest BCUT2D eigenvalue weighted by atomic mass is 19.2. The fourth-order valence-electron chi connectivity index (χ4n) is 1.78. The Morgan fingerprint density at radius 3 is 1.62 bits per heavy atom. The molecule has 0 bridgehead atoms. The molecule has 78 valence electrons. The van der Waals surface area contributed by atoms with Crippen molar-refractivity contribution in [2.75, 3.05) is 0 Å². The quantitative estimate of drug-likeness (QED) is 0.540. The van der Waals surface area contributed by atoms with Crippen molar-refractivity contribution >= 4 is 21.8 Å². The molecular weight excluding hydrogens is 210 g/mol.